The van der Waals surface area contributed by atoms with Gasteiger partial charge in [0.25, 0.3) is 0 Å². The number of nitrogens with zero attached hydrogens (tertiary/aromatic N) is 1. The summed E-state index contributed by atoms with van der Waals surface area (Å²) in [4.78, 5) is 2.48. The molecule has 0 unspecified atom stereocenters. The van der Waals surface area contributed by atoms with E-state index >= 15 is 0 Å². The van der Waals surface area contributed by atoms with Gasteiger partial charge in [0.15, 0.2) is 0 Å². The van der Waals surface area contributed by atoms with E-state index in [2.05, 4.69) is 56.0 Å². The molecule has 2 heteroatoms. The van der Waals surface area contributed by atoms with Crippen molar-refractivity contribution in [3.63, 3.8) is 0 Å². The van der Waals surface area contributed by atoms with Crippen LogP contribution in [0.5, 0.6) is 0 Å². The van der Waals surface area contributed by atoms with Gasteiger partial charge in [0, 0.05) is 25.7 Å². The topological polar surface area (TPSA) is 29.3 Å². The lowest BCUT2D eigenvalue weighted by atomic mass is 9.78. The molecule has 2 nitrogen and oxygen atoms in total. The van der Waals surface area contributed by atoms with E-state index in [0.29, 0.717) is 17.4 Å². The first-order valence-electron chi connectivity index (χ1n) is 6.48. The molecule has 1 aliphatic heterocycles. The summed E-state index contributed by atoms with van der Waals surface area (Å²) in [6.07, 6.45) is 0. The van der Waals surface area contributed by atoms with Crippen LogP contribution < -0.4 is 5.73 Å². The van der Waals surface area contributed by atoms with E-state index in [4.69, 9.17) is 5.73 Å². The van der Waals surface area contributed by atoms with Gasteiger partial charge in [-0.2, -0.15) is 0 Å². The van der Waals surface area contributed by atoms with Crippen LogP contribution in [0.15, 0.2) is 30.3 Å². The molecular formula is C15H24N2. The molecule has 1 fully saturated rings. The summed E-state index contributed by atoms with van der Waals surface area (Å²) in [5.74, 6) is 0.603. The van der Waals surface area contributed by atoms with E-state index in [0.717, 1.165) is 19.6 Å². The van der Waals surface area contributed by atoms with E-state index in [1.807, 2.05) is 0 Å². The van der Waals surface area contributed by atoms with Crippen molar-refractivity contribution in [2.24, 2.45) is 17.1 Å². The predicted molar refractivity (Wildman–Crippen MR) is 72.6 cm³/mol. The van der Waals surface area contributed by atoms with Gasteiger partial charge in [-0.3, -0.25) is 4.90 Å². The normalized spacial score (nSPS) is 26.4. The lowest BCUT2D eigenvalue weighted by Crippen LogP contribution is -2.36. The lowest BCUT2D eigenvalue weighted by molar-refractivity contribution is 0.217. The van der Waals surface area contributed by atoms with E-state index in [9.17, 15) is 0 Å². The number of hydrogen-bond donors (Lipinski definition) is 1. The number of benzene rings is 1. The van der Waals surface area contributed by atoms with Crippen molar-refractivity contribution in [3.8, 4) is 0 Å². The molecule has 0 saturated carbocycles. The van der Waals surface area contributed by atoms with Crippen molar-refractivity contribution in [2.75, 3.05) is 13.1 Å². The smallest absolute Gasteiger partial charge is 0.0234 e. The molecule has 0 amide bonds. The Morgan fingerprint density at radius 2 is 1.82 bits per heavy atom. The molecular weight excluding hydrogens is 208 g/mol. The monoisotopic (exact) mass is 232 g/mol. The van der Waals surface area contributed by atoms with Crippen LogP contribution in [0, 0.1) is 11.3 Å². The van der Waals surface area contributed by atoms with Gasteiger partial charge >= 0.3 is 0 Å². The molecule has 2 rings (SSSR count). The van der Waals surface area contributed by atoms with E-state index < -0.39 is 0 Å². The fourth-order valence-corrected chi connectivity index (χ4v) is 2.80. The summed E-state index contributed by atoms with van der Waals surface area (Å²) < 4.78 is 0. The molecule has 2 atom stereocenters. The van der Waals surface area contributed by atoms with Crippen molar-refractivity contribution in [2.45, 2.75) is 33.4 Å². The van der Waals surface area contributed by atoms with Crippen LogP contribution in [0.25, 0.3) is 0 Å². The minimum absolute atomic E-state index is 0.310. The van der Waals surface area contributed by atoms with Crippen molar-refractivity contribution in [1.82, 2.24) is 4.90 Å². The molecule has 2 N–H and O–H groups in total. The molecule has 1 aliphatic rings. The third-order valence-corrected chi connectivity index (χ3v) is 3.80. The average Bonchev–Trinajstić information content (AvgIpc) is 2.60. The molecule has 1 heterocycles. The molecule has 1 aromatic rings. The molecule has 0 radical (unpaired) electrons. The van der Waals surface area contributed by atoms with Crippen molar-refractivity contribution in [1.29, 1.82) is 0 Å². The Kier molecular flexibility index (Phi) is 3.55. The third kappa shape index (κ3) is 3.08. The maximum absolute atomic E-state index is 6.27. The van der Waals surface area contributed by atoms with Crippen LogP contribution in [-0.2, 0) is 6.54 Å². The number of rotatable bonds is 2. The van der Waals surface area contributed by atoms with Gasteiger partial charge in [0.1, 0.15) is 0 Å². The minimum atomic E-state index is 0.310. The third-order valence-electron chi connectivity index (χ3n) is 3.80. The molecule has 0 spiro atoms. The fourth-order valence-electron chi connectivity index (χ4n) is 2.80. The summed E-state index contributed by atoms with van der Waals surface area (Å²) in [7, 11) is 0. The molecule has 0 aromatic heterocycles. The zero-order valence-corrected chi connectivity index (χ0v) is 11.2. The van der Waals surface area contributed by atoms with Crippen molar-refractivity contribution in [3.05, 3.63) is 35.9 Å². The van der Waals surface area contributed by atoms with Crippen LogP contribution in [0.1, 0.15) is 26.3 Å². The van der Waals surface area contributed by atoms with Crippen LogP contribution in [0.4, 0.5) is 0 Å². The van der Waals surface area contributed by atoms with Gasteiger partial charge in [-0.1, -0.05) is 51.1 Å². The van der Waals surface area contributed by atoms with Crippen molar-refractivity contribution < 1.29 is 0 Å². The van der Waals surface area contributed by atoms with Gasteiger partial charge < -0.3 is 5.73 Å². The van der Waals surface area contributed by atoms with Crippen molar-refractivity contribution >= 4 is 0 Å². The second-order valence-corrected chi connectivity index (χ2v) is 6.32. The zero-order chi connectivity index (χ0) is 12.5. The molecule has 0 aliphatic carbocycles. The maximum Gasteiger partial charge on any atom is 0.0234 e. The number of hydrogen-bond acceptors (Lipinski definition) is 2. The Hall–Kier alpha value is -0.860. The second-order valence-electron chi connectivity index (χ2n) is 6.32. The Labute approximate surface area is 105 Å². The van der Waals surface area contributed by atoms with E-state index in [1.54, 1.807) is 0 Å². The van der Waals surface area contributed by atoms with E-state index in [1.165, 1.54) is 5.56 Å². The van der Waals surface area contributed by atoms with E-state index in [-0.39, 0.29) is 0 Å². The fraction of sp³-hybridized carbons (Fsp3) is 0.600. The summed E-state index contributed by atoms with van der Waals surface area (Å²) >= 11 is 0. The number of likely N-dealkylation sites (tertiary alicyclic amines) is 1. The van der Waals surface area contributed by atoms with Crippen LogP contribution in [-0.4, -0.2) is 24.0 Å². The molecule has 1 saturated heterocycles. The largest absolute Gasteiger partial charge is 0.326 e. The zero-order valence-electron chi connectivity index (χ0n) is 11.2. The van der Waals surface area contributed by atoms with Gasteiger partial charge in [-0.25, -0.2) is 0 Å². The first kappa shape index (κ1) is 12.6. The SMILES string of the molecule is CC(C)(C)[C@H]1CN(Cc2ccccc2)C[C@@H]1N. The van der Waals surface area contributed by atoms with Crippen LogP contribution >= 0.6 is 0 Å². The Balaban J connectivity index is 1.98. The summed E-state index contributed by atoms with van der Waals surface area (Å²) in [5.41, 5.74) is 7.96. The maximum atomic E-state index is 6.27. The highest BCUT2D eigenvalue weighted by atomic mass is 15.2. The summed E-state index contributed by atoms with van der Waals surface area (Å²) in [6, 6.07) is 11.0. The molecule has 94 valence electrons. The minimum Gasteiger partial charge on any atom is -0.326 e. The summed E-state index contributed by atoms with van der Waals surface area (Å²) in [5, 5.41) is 0. The molecule has 0 bridgehead atoms. The predicted octanol–water partition coefficient (Wildman–Crippen LogP) is 2.49. The van der Waals surface area contributed by atoms with Gasteiger partial charge in [0.2, 0.25) is 0 Å². The average molecular weight is 232 g/mol. The number of nitrogens with two attached hydrogens (primary N) is 1. The first-order valence-corrected chi connectivity index (χ1v) is 6.48. The highest BCUT2D eigenvalue weighted by Gasteiger charge is 2.37. The Bertz CT molecular complexity index is 353. The van der Waals surface area contributed by atoms with Gasteiger partial charge in [-0.15, -0.1) is 0 Å². The second kappa shape index (κ2) is 4.79. The van der Waals surface area contributed by atoms with Crippen LogP contribution in [0.2, 0.25) is 0 Å². The van der Waals surface area contributed by atoms with Gasteiger partial charge in [-0.05, 0) is 16.9 Å². The highest BCUT2D eigenvalue weighted by Crippen LogP contribution is 2.33. The summed E-state index contributed by atoms with van der Waals surface area (Å²) in [6.45, 7) is 10.1. The Morgan fingerprint density at radius 1 is 1.18 bits per heavy atom. The molecule has 17 heavy (non-hydrogen) atoms. The lowest BCUT2D eigenvalue weighted by Gasteiger charge is -2.29. The highest BCUT2D eigenvalue weighted by molar-refractivity contribution is 5.15. The van der Waals surface area contributed by atoms with Crippen LogP contribution in [0.3, 0.4) is 0 Å². The molecule has 1 aromatic carbocycles. The van der Waals surface area contributed by atoms with Gasteiger partial charge in [0.05, 0.1) is 0 Å². The standard InChI is InChI=1S/C15H24N2/c1-15(2,3)13-10-17(11-14(13)16)9-12-7-5-4-6-8-12/h4-8,13-14H,9-11,16H2,1-3H3/t13-,14-/m0/s1. The first-order chi connectivity index (χ1) is 7.97. The quantitative estimate of drug-likeness (QED) is 0.849. The Morgan fingerprint density at radius 3 is 2.35 bits per heavy atom.